The van der Waals surface area contributed by atoms with Crippen LogP contribution in [0.1, 0.15) is 0 Å². The zero-order valence-electron chi connectivity index (χ0n) is 3.44. The summed E-state index contributed by atoms with van der Waals surface area (Å²) in [6, 6.07) is 1.20. The Bertz CT molecular complexity index is 27.0. The van der Waals surface area contributed by atoms with Gasteiger partial charge in [-0.15, -0.1) is 0 Å². The molecule has 0 aliphatic carbocycles. The summed E-state index contributed by atoms with van der Waals surface area (Å²) < 4.78 is 9.92. The van der Waals surface area contributed by atoms with E-state index in [1.54, 1.807) is 0 Å². The van der Waals surface area contributed by atoms with E-state index in [2.05, 4.69) is 0 Å². The second kappa shape index (κ2) is 2.69. The van der Waals surface area contributed by atoms with Crippen LogP contribution in [0.3, 0.4) is 0 Å². The molecule has 0 spiro atoms. The van der Waals surface area contributed by atoms with Crippen molar-refractivity contribution in [1.29, 1.82) is 0 Å². The van der Waals surface area contributed by atoms with Crippen LogP contribution < -0.4 is 0 Å². The van der Waals surface area contributed by atoms with E-state index >= 15 is 0 Å². The lowest BCUT2D eigenvalue weighted by Gasteiger charge is -2.08. The second-order valence-corrected chi connectivity index (χ2v) is 3.86. The molecule has 6 heavy (non-hydrogen) atoms. The van der Waals surface area contributed by atoms with E-state index in [-0.39, 0.29) is 9.76 Å². The van der Waals surface area contributed by atoms with Gasteiger partial charge < -0.3 is 8.74 Å². The van der Waals surface area contributed by atoms with Gasteiger partial charge in [0, 0.05) is 0 Å². The smallest absolute Gasteiger partial charge is 0.171 e. The predicted molar refractivity (Wildman–Crippen MR) is 28.7 cm³/mol. The first-order valence-corrected chi connectivity index (χ1v) is 4.38. The Morgan fingerprint density at radius 2 is 2.67 bits per heavy atom. The van der Waals surface area contributed by atoms with Crippen molar-refractivity contribution in [2.24, 2.45) is 0 Å². The Morgan fingerprint density at radius 3 is 2.83 bits per heavy atom. The minimum absolute atomic E-state index is 0.104. The maximum Gasteiger partial charge on any atom is 0.171 e. The van der Waals surface area contributed by atoms with Crippen LogP contribution in [0, 0.1) is 0 Å². The van der Waals surface area contributed by atoms with Gasteiger partial charge >= 0.3 is 0 Å². The molecule has 4 heteroatoms. The summed E-state index contributed by atoms with van der Waals surface area (Å²) in [5.41, 5.74) is 0. The molecule has 1 fully saturated rings. The molecule has 0 aromatic rings. The molecular weight excluding hydrogens is 115 g/mol. The molecule has 2 nitrogen and oxygen atoms in total. The first-order valence-electron chi connectivity index (χ1n) is 1.99. The van der Waals surface area contributed by atoms with Crippen molar-refractivity contribution in [1.82, 2.24) is 0 Å². The summed E-state index contributed by atoms with van der Waals surface area (Å²) in [5.74, 6) is 0. The van der Waals surface area contributed by atoms with E-state index < -0.39 is 0 Å². The molecule has 0 N–H and O–H groups in total. The highest BCUT2D eigenvalue weighted by Gasteiger charge is 1.96. The van der Waals surface area contributed by atoms with Gasteiger partial charge in [-0.2, -0.15) is 0 Å². The molecule has 36 valence electrons. The molecule has 1 unspecified atom stereocenters. The third-order valence-electron chi connectivity index (χ3n) is 0.611. The maximum atomic E-state index is 5.01. The second-order valence-electron chi connectivity index (χ2n) is 1.13. The zero-order chi connectivity index (χ0) is 4.24. The largest absolute Gasteiger partial charge is 0.385 e. The van der Waals surface area contributed by atoms with Crippen LogP contribution in [-0.4, -0.2) is 16.4 Å². The molecule has 1 aliphatic rings. The summed E-state index contributed by atoms with van der Waals surface area (Å²) in [4.78, 5) is 0. The normalized spacial score (nSPS) is 32.0. The average Bonchev–Trinajstić information content (AvgIpc) is 1.72. The Balaban J connectivity index is 2.00. The minimum atomic E-state index is -0.104. The van der Waals surface area contributed by atoms with Gasteiger partial charge in [-0.1, -0.05) is 0 Å². The minimum Gasteiger partial charge on any atom is -0.385 e. The maximum absolute atomic E-state index is 5.01. The van der Waals surface area contributed by atoms with Gasteiger partial charge in [-0.05, 0) is 6.04 Å². The lowest BCUT2D eigenvalue weighted by atomic mass is 10.9. The van der Waals surface area contributed by atoms with Crippen LogP contribution in [0.2, 0.25) is 6.04 Å². The first kappa shape index (κ1) is 4.72. The molecule has 0 bridgehead atoms. The molecule has 0 aromatic heterocycles. The van der Waals surface area contributed by atoms with Gasteiger partial charge in [0.15, 0.2) is 9.76 Å². The van der Waals surface area contributed by atoms with Gasteiger partial charge in [0.2, 0.25) is 0 Å². The Hall–Kier alpha value is 0.567. The quantitative estimate of drug-likeness (QED) is 0.334. The predicted octanol–water partition coefficient (Wildman–Crippen LogP) is 0.0438. The number of hydrogen-bond acceptors (Lipinski definition) is 2. The van der Waals surface area contributed by atoms with E-state index in [1.165, 1.54) is 6.04 Å². The van der Waals surface area contributed by atoms with Crippen LogP contribution in [0.25, 0.3) is 0 Å². The van der Waals surface area contributed by atoms with Crippen molar-refractivity contribution in [3.8, 4) is 0 Å². The molecule has 0 amide bonds. The fourth-order valence-electron chi connectivity index (χ4n) is 0.328. The molecule has 0 saturated carbocycles. The van der Waals surface area contributed by atoms with Crippen LogP contribution >= 0.6 is 9.03 Å². The van der Waals surface area contributed by atoms with Crippen molar-refractivity contribution in [3.05, 3.63) is 0 Å². The van der Waals surface area contributed by atoms with Gasteiger partial charge in [0.1, 0.15) is 9.03 Å². The fourth-order valence-corrected chi connectivity index (χ4v) is 2.35. The summed E-state index contributed by atoms with van der Waals surface area (Å²) in [5, 5.41) is 0. The van der Waals surface area contributed by atoms with E-state index in [0.717, 1.165) is 6.61 Å². The standard InChI is InChI=1S/C2H7O2PSi/c1-2-6-4-5-3-1/h5H,1-2,6H2. The van der Waals surface area contributed by atoms with Crippen LogP contribution in [0.4, 0.5) is 0 Å². The first-order chi connectivity index (χ1) is 3.00. The van der Waals surface area contributed by atoms with Crippen molar-refractivity contribution >= 4 is 18.8 Å². The Kier molecular flexibility index (Phi) is 2.12. The van der Waals surface area contributed by atoms with Crippen molar-refractivity contribution in [2.75, 3.05) is 6.61 Å². The molecular formula is C2H7O2PSi. The number of rotatable bonds is 0. The highest BCUT2D eigenvalue weighted by Crippen LogP contribution is 2.17. The van der Waals surface area contributed by atoms with E-state index in [9.17, 15) is 0 Å². The third-order valence-corrected chi connectivity index (χ3v) is 2.80. The lowest BCUT2D eigenvalue weighted by molar-refractivity contribution is 0.330. The summed E-state index contributed by atoms with van der Waals surface area (Å²) in [6.45, 7) is 0.949. The lowest BCUT2D eigenvalue weighted by Crippen LogP contribution is -2.00. The van der Waals surface area contributed by atoms with Gasteiger partial charge in [0.05, 0.1) is 6.61 Å². The molecule has 1 rings (SSSR count). The zero-order valence-corrected chi connectivity index (χ0v) is 5.85. The monoisotopic (exact) mass is 122 g/mol. The highest BCUT2D eigenvalue weighted by molar-refractivity contribution is 7.28. The average molecular weight is 122 g/mol. The summed E-state index contributed by atoms with van der Waals surface area (Å²) in [6.07, 6.45) is 0. The van der Waals surface area contributed by atoms with Gasteiger partial charge in [-0.25, -0.2) is 0 Å². The summed E-state index contributed by atoms with van der Waals surface area (Å²) in [7, 11) is 0.259. The van der Waals surface area contributed by atoms with Crippen molar-refractivity contribution in [2.45, 2.75) is 6.04 Å². The van der Waals surface area contributed by atoms with E-state index in [0.29, 0.717) is 9.03 Å². The van der Waals surface area contributed by atoms with Crippen LogP contribution in [-0.2, 0) is 8.74 Å². The van der Waals surface area contributed by atoms with E-state index in [1.807, 2.05) is 0 Å². The van der Waals surface area contributed by atoms with Crippen molar-refractivity contribution < 1.29 is 8.74 Å². The molecule has 1 atom stereocenters. The Morgan fingerprint density at radius 1 is 1.67 bits per heavy atom. The Labute approximate surface area is 41.1 Å². The van der Waals surface area contributed by atoms with Crippen LogP contribution in [0.5, 0.6) is 0 Å². The topological polar surface area (TPSA) is 18.5 Å². The fraction of sp³-hybridized carbons (Fsp3) is 1.00. The number of hydrogen-bond donors (Lipinski definition) is 0. The molecule has 0 aromatic carbocycles. The third kappa shape index (κ3) is 1.35. The summed E-state index contributed by atoms with van der Waals surface area (Å²) >= 11 is 0. The van der Waals surface area contributed by atoms with Crippen molar-refractivity contribution in [3.63, 3.8) is 0 Å². The molecule has 1 aliphatic heterocycles. The van der Waals surface area contributed by atoms with Crippen LogP contribution in [0.15, 0.2) is 0 Å². The SMILES string of the molecule is C1C[SiH2]OPO1. The highest BCUT2D eigenvalue weighted by atomic mass is 31.1. The molecule has 0 radical (unpaired) electrons. The van der Waals surface area contributed by atoms with Gasteiger partial charge in [-0.3, -0.25) is 0 Å². The molecule has 1 saturated heterocycles. The molecule has 1 heterocycles. The van der Waals surface area contributed by atoms with E-state index in [4.69, 9.17) is 8.74 Å². The van der Waals surface area contributed by atoms with Gasteiger partial charge in [0.25, 0.3) is 0 Å².